The molecule has 2 heterocycles. The fourth-order valence-electron chi connectivity index (χ4n) is 4.40. The van der Waals surface area contributed by atoms with Crippen molar-refractivity contribution in [3.8, 4) is 0 Å². The zero-order chi connectivity index (χ0) is 21.8. The van der Waals surface area contributed by atoms with Gasteiger partial charge < -0.3 is 14.2 Å². The molecule has 1 atom stereocenters. The van der Waals surface area contributed by atoms with E-state index in [0.717, 1.165) is 48.0 Å². The number of carbonyl (C=O) groups excluding carboxylic acids is 2. The van der Waals surface area contributed by atoms with Crippen LogP contribution in [0.15, 0.2) is 59.6 Å². The normalized spacial score (nSPS) is 16.6. The molecular formula is C25H27N3O3. The van der Waals surface area contributed by atoms with E-state index in [2.05, 4.69) is 16.7 Å². The number of esters is 1. The zero-order valence-electron chi connectivity index (χ0n) is 18.0. The van der Waals surface area contributed by atoms with Gasteiger partial charge in [0.25, 0.3) is 0 Å². The maximum atomic E-state index is 12.3. The first-order valence-electron chi connectivity index (χ1n) is 10.7. The molecule has 1 saturated heterocycles. The summed E-state index contributed by atoms with van der Waals surface area (Å²) in [5, 5.41) is 0.883. The topological polar surface area (TPSA) is 63.9 Å². The molecular weight excluding hydrogens is 390 g/mol. The fraction of sp³-hybridized carbons (Fsp3) is 0.320. The van der Waals surface area contributed by atoms with Gasteiger partial charge in [-0.3, -0.25) is 4.79 Å². The van der Waals surface area contributed by atoms with Gasteiger partial charge in [0, 0.05) is 24.9 Å². The van der Waals surface area contributed by atoms with Crippen LogP contribution in [-0.4, -0.2) is 47.3 Å². The number of aromatic nitrogens is 1. The van der Waals surface area contributed by atoms with Gasteiger partial charge in [-0.2, -0.15) is 0 Å². The first-order valence-corrected chi connectivity index (χ1v) is 10.7. The quantitative estimate of drug-likeness (QED) is 0.255. The number of rotatable bonds is 6. The molecule has 0 N–H and O–H groups in total. The minimum Gasteiger partial charge on any atom is -0.467 e. The van der Waals surface area contributed by atoms with Crippen molar-refractivity contribution in [2.75, 3.05) is 13.7 Å². The summed E-state index contributed by atoms with van der Waals surface area (Å²) < 4.78 is 7.10. The Labute approximate surface area is 182 Å². The van der Waals surface area contributed by atoms with Crippen LogP contribution in [0, 0.1) is 0 Å². The Morgan fingerprint density at radius 3 is 2.61 bits per heavy atom. The van der Waals surface area contributed by atoms with Crippen LogP contribution in [-0.2, 0) is 16.1 Å². The van der Waals surface area contributed by atoms with Gasteiger partial charge in [-0.1, -0.05) is 55.5 Å². The predicted octanol–water partition coefficient (Wildman–Crippen LogP) is 4.58. The van der Waals surface area contributed by atoms with Gasteiger partial charge in [-0.15, -0.1) is 0 Å². The minimum absolute atomic E-state index is 0.237. The number of hydrogen-bond acceptors (Lipinski definition) is 4. The Morgan fingerprint density at radius 1 is 1.16 bits per heavy atom. The Kier molecular flexibility index (Phi) is 6.16. The van der Waals surface area contributed by atoms with Crippen LogP contribution in [0.25, 0.3) is 10.9 Å². The van der Waals surface area contributed by atoms with Gasteiger partial charge in [0.2, 0.25) is 0 Å². The second-order valence-electron chi connectivity index (χ2n) is 7.70. The van der Waals surface area contributed by atoms with E-state index in [1.54, 1.807) is 0 Å². The van der Waals surface area contributed by atoms with E-state index in [4.69, 9.17) is 9.73 Å². The maximum Gasteiger partial charge on any atom is 0.328 e. The largest absolute Gasteiger partial charge is 0.467 e. The van der Waals surface area contributed by atoms with E-state index in [1.807, 2.05) is 54.3 Å². The number of carbonyl (C=O) groups is 2. The second-order valence-corrected chi connectivity index (χ2v) is 7.70. The third kappa shape index (κ3) is 3.98. The smallest absolute Gasteiger partial charge is 0.328 e. The molecule has 0 aliphatic carbocycles. The molecule has 4 rings (SSSR count). The molecule has 0 bridgehead atoms. The number of benzene rings is 2. The van der Waals surface area contributed by atoms with Gasteiger partial charge in [0.1, 0.15) is 17.7 Å². The van der Waals surface area contributed by atoms with Crippen LogP contribution in [0.1, 0.15) is 42.1 Å². The van der Waals surface area contributed by atoms with Gasteiger partial charge in [0.05, 0.1) is 18.2 Å². The SMILES string of the molecule is CC/C(=N\c1c(C=O)c2ccccc2n1Cc1ccccc1)N1CCC[C@@H]1C(=O)OC. The molecule has 0 unspecified atom stereocenters. The molecule has 0 saturated carbocycles. The molecule has 0 radical (unpaired) electrons. The van der Waals surface area contributed by atoms with Crippen LogP contribution < -0.4 is 0 Å². The average molecular weight is 418 g/mol. The molecule has 2 aromatic carbocycles. The lowest BCUT2D eigenvalue weighted by Crippen LogP contribution is -2.40. The Balaban J connectivity index is 1.86. The summed E-state index contributed by atoms with van der Waals surface area (Å²) in [6.07, 6.45) is 3.20. The molecule has 0 spiro atoms. The molecule has 3 aromatic rings. The Hall–Kier alpha value is -3.41. The highest BCUT2D eigenvalue weighted by Crippen LogP contribution is 2.33. The number of hydrogen-bond donors (Lipinski definition) is 0. The van der Waals surface area contributed by atoms with Gasteiger partial charge in [-0.05, 0) is 24.5 Å². The molecule has 160 valence electrons. The summed E-state index contributed by atoms with van der Waals surface area (Å²) in [5.41, 5.74) is 2.67. The van der Waals surface area contributed by atoms with Gasteiger partial charge in [0.15, 0.2) is 6.29 Å². The van der Waals surface area contributed by atoms with Crippen molar-refractivity contribution in [1.82, 2.24) is 9.47 Å². The van der Waals surface area contributed by atoms with Crippen LogP contribution >= 0.6 is 0 Å². The number of methoxy groups -OCH3 is 1. The van der Waals surface area contributed by atoms with Crippen LogP contribution in [0.3, 0.4) is 0 Å². The number of ether oxygens (including phenoxy) is 1. The molecule has 1 aliphatic heterocycles. The molecule has 6 nitrogen and oxygen atoms in total. The van der Waals surface area contributed by atoms with E-state index < -0.39 is 0 Å². The van der Waals surface area contributed by atoms with Crippen molar-refractivity contribution < 1.29 is 14.3 Å². The lowest BCUT2D eigenvalue weighted by atomic mass is 10.2. The van der Waals surface area contributed by atoms with Crippen molar-refractivity contribution in [3.63, 3.8) is 0 Å². The highest BCUT2D eigenvalue weighted by Gasteiger charge is 2.33. The number of aldehydes is 1. The van der Waals surface area contributed by atoms with Crippen LogP contribution in [0.4, 0.5) is 5.82 Å². The molecule has 31 heavy (non-hydrogen) atoms. The monoisotopic (exact) mass is 417 g/mol. The Bertz CT molecular complexity index is 1120. The van der Waals surface area contributed by atoms with E-state index in [9.17, 15) is 9.59 Å². The number of amidine groups is 1. The molecule has 1 aromatic heterocycles. The molecule has 1 fully saturated rings. The van der Waals surface area contributed by atoms with Crippen molar-refractivity contribution in [2.45, 2.75) is 38.8 Å². The maximum absolute atomic E-state index is 12.3. The van der Waals surface area contributed by atoms with Gasteiger partial charge in [-0.25, -0.2) is 9.79 Å². The van der Waals surface area contributed by atoms with Crippen molar-refractivity contribution >= 4 is 34.8 Å². The third-order valence-corrected chi connectivity index (χ3v) is 5.89. The second kappa shape index (κ2) is 9.16. The number of aliphatic imine (C=N–C) groups is 1. The van der Waals surface area contributed by atoms with Gasteiger partial charge >= 0.3 is 5.97 Å². The fourth-order valence-corrected chi connectivity index (χ4v) is 4.40. The number of nitrogens with zero attached hydrogens (tertiary/aromatic N) is 3. The first-order chi connectivity index (χ1) is 15.2. The standard InChI is InChI=1S/C25H27N3O3/c1-3-23(27-15-9-14-22(27)25(30)31-2)26-24-20(17-29)19-12-7-8-13-21(19)28(24)16-18-10-5-4-6-11-18/h4-8,10-13,17,22H,3,9,14-16H2,1-2H3/b26-23+/t22-/m1/s1. The van der Waals surface area contributed by atoms with Crippen molar-refractivity contribution in [2.24, 2.45) is 4.99 Å². The zero-order valence-corrected chi connectivity index (χ0v) is 18.0. The summed E-state index contributed by atoms with van der Waals surface area (Å²) in [6, 6.07) is 17.7. The van der Waals surface area contributed by atoms with E-state index in [0.29, 0.717) is 24.3 Å². The van der Waals surface area contributed by atoms with Crippen LogP contribution in [0.5, 0.6) is 0 Å². The number of para-hydroxylation sites is 1. The van der Waals surface area contributed by atoms with Crippen LogP contribution in [0.2, 0.25) is 0 Å². The van der Waals surface area contributed by atoms with E-state index in [-0.39, 0.29) is 12.0 Å². The van der Waals surface area contributed by atoms with Crippen molar-refractivity contribution in [1.29, 1.82) is 0 Å². The summed E-state index contributed by atoms with van der Waals surface area (Å²) >= 11 is 0. The molecule has 1 aliphatic rings. The predicted molar refractivity (Wildman–Crippen MR) is 122 cm³/mol. The highest BCUT2D eigenvalue weighted by atomic mass is 16.5. The summed E-state index contributed by atoms with van der Waals surface area (Å²) in [4.78, 5) is 31.5. The number of likely N-dealkylation sites (tertiary alicyclic amines) is 1. The summed E-state index contributed by atoms with van der Waals surface area (Å²) in [6.45, 7) is 3.38. The Morgan fingerprint density at radius 2 is 1.90 bits per heavy atom. The first kappa shape index (κ1) is 20.8. The lowest BCUT2D eigenvalue weighted by molar-refractivity contribution is -0.144. The summed E-state index contributed by atoms with van der Waals surface area (Å²) in [5.74, 6) is 1.19. The third-order valence-electron chi connectivity index (χ3n) is 5.89. The lowest BCUT2D eigenvalue weighted by Gasteiger charge is -2.26. The summed E-state index contributed by atoms with van der Waals surface area (Å²) in [7, 11) is 1.42. The van der Waals surface area contributed by atoms with E-state index >= 15 is 0 Å². The average Bonchev–Trinajstić information content (AvgIpc) is 3.41. The molecule has 0 amide bonds. The number of fused-ring (bicyclic) bond motifs is 1. The minimum atomic E-state index is -0.324. The highest BCUT2D eigenvalue weighted by molar-refractivity contribution is 6.04. The molecule has 6 heteroatoms. The van der Waals surface area contributed by atoms with Crippen molar-refractivity contribution in [3.05, 3.63) is 65.7 Å². The van der Waals surface area contributed by atoms with E-state index in [1.165, 1.54) is 7.11 Å².